The average molecular weight is 452 g/mol. The molecule has 0 fully saturated rings. The molecule has 1 unspecified atom stereocenters. The third-order valence-corrected chi connectivity index (χ3v) is 6.19. The van der Waals surface area contributed by atoms with Crippen molar-refractivity contribution in [3.63, 3.8) is 0 Å². The minimum absolute atomic E-state index is 0.287. The molecule has 1 amide bonds. The third kappa shape index (κ3) is 4.13. The van der Waals surface area contributed by atoms with E-state index in [1.165, 1.54) is 46.5 Å². The lowest BCUT2D eigenvalue weighted by atomic mass is 10.0. The number of aromatic nitrogens is 2. The van der Waals surface area contributed by atoms with E-state index in [1.807, 2.05) is 38.1 Å². The first-order valence-electron chi connectivity index (χ1n) is 10.2. The van der Waals surface area contributed by atoms with Gasteiger partial charge in [0.1, 0.15) is 22.4 Å². The van der Waals surface area contributed by atoms with Gasteiger partial charge in [0.15, 0.2) is 0 Å². The molecule has 0 bridgehead atoms. The Morgan fingerprint density at radius 1 is 1.19 bits per heavy atom. The van der Waals surface area contributed by atoms with Crippen LogP contribution in [0.1, 0.15) is 24.8 Å². The van der Waals surface area contributed by atoms with Crippen molar-refractivity contribution in [2.45, 2.75) is 26.8 Å². The number of hydrogen-bond acceptors (Lipinski definition) is 5. The van der Waals surface area contributed by atoms with Crippen LogP contribution in [-0.2, 0) is 4.79 Å². The fourth-order valence-corrected chi connectivity index (χ4v) is 4.53. The van der Waals surface area contributed by atoms with Gasteiger partial charge in [-0.1, -0.05) is 12.1 Å². The van der Waals surface area contributed by atoms with Gasteiger partial charge in [-0.05, 0) is 62.7 Å². The molecule has 0 radical (unpaired) electrons. The monoisotopic (exact) mass is 451 g/mol. The predicted octanol–water partition coefficient (Wildman–Crippen LogP) is 5.17. The van der Waals surface area contributed by atoms with E-state index in [2.05, 4.69) is 10.3 Å². The molecule has 0 saturated heterocycles. The summed E-state index contributed by atoms with van der Waals surface area (Å²) in [5.74, 6) is -0.0268. The molecule has 0 aliphatic carbocycles. The highest BCUT2D eigenvalue weighted by molar-refractivity contribution is 7.19. The Morgan fingerprint density at radius 2 is 1.88 bits per heavy atom. The van der Waals surface area contributed by atoms with Gasteiger partial charge in [-0.3, -0.25) is 14.2 Å². The maximum absolute atomic E-state index is 13.4. The number of hydrogen-bond donors (Lipinski definition) is 1. The Kier molecular flexibility index (Phi) is 6.05. The zero-order valence-corrected chi connectivity index (χ0v) is 18.7. The maximum atomic E-state index is 13.4. The van der Waals surface area contributed by atoms with Crippen molar-refractivity contribution in [3.05, 3.63) is 75.9 Å². The number of carbonyl (C=O) groups excluding carboxylic acids is 1. The van der Waals surface area contributed by atoms with Crippen LogP contribution in [0.5, 0.6) is 5.75 Å². The molecule has 8 heteroatoms. The number of benzene rings is 2. The minimum atomic E-state index is -0.808. The number of anilines is 1. The molecule has 0 aliphatic heterocycles. The summed E-state index contributed by atoms with van der Waals surface area (Å²) in [4.78, 5) is 32.2. The molecule has 2 heterocycles. The molecular weight excluding hydrogens is 429 g/mol. The van der Waals surface area contributed by atoms with Crippen LogP contribution >= 0.6 is 11.3 Å². The average Bonchev–Trinajstić information content (AvgIpc) is 3.12. The molecule has 1 N–H and O–H groups in total. The van der Waals surface area contributed by atoms with Crippen LogP contribution in [0.3, 0.4) is 0 Å². The highest BCUT2D eigenvalue weighted by atomic mass is 32.1. The number of nitrogens with zero attached hydrogens (tertiary/aromatic N) is 2. The first-order valence-corrected chi connectivity index (χ1v) is 11.0. The number of ether oxygens (including phenoxy) is 1. The summed E-state index contributed by atoms with van der Waals surface area (Å²) in [6.45, 7) is 6.08. The summed E-state index contributed by atoms with van der Waals surface area (Å²) in [6, 6.07) is 12.2. The zero-order chi connectivity index (χ0) is 22.8. The fourth-order valence-electron chi connectivity index (χ4n) is 3.53. The molecule has 4 aromatic rings. The van der Waals surface area contributed by atoms with E-state index in [9.17, 15) is 14.0 Å². The van der Waals surface area contributed by atoms with Crippen molar-refractivity contribution >= 4 is 33.1 Å². The molecule has 4 rings (SSSR count). The number of nitrogens with one attached hydrogen (secondary N) is 1. The van der Waals surface area contributed by atoms with E-state index >= 15 is 0 Å². The van der Waals surface area contributed by atoms with Crippen molar-refractivity contribution in [1.29, 1.82) is 0 Å². The van der Waals surface area contributed by atoms with E-state index in [0.29, 0.717) is 22.5 Å². The second kappa shape index (κ2) is 8.92. The third-order valence-electron chi connectivity index (χ3n) is 5.18. The largest absolute Gasteiger partial charge is 0.494 e. The zero-order valence-electron chi connectivity index (χ0n) is 17.9. The Morgan fingerprint density at radius 3 is 2.53 bits per heavy atom. The van der Waals surface area contributed by atoms with Crippen molar-refractivity contribution in [2.24, 2.45) is 0 Å². The Labute approximate surface area is 188 Å². The van der Waals surface area contributed by atoms with E-state index < -0.39 is 17.8 Å². The molecule has 1 atom stereocenters. The van der Waals surface area contributed by atoms with E-state index in [0.717, 1.165) is 21.8 Å². The van der Waals surface area contributed by atoms with Crippen molar-refractivity contribution in [2.75, 3.05) is 11.9 Å². The number of aryl methyl sites for hydroxylation is 1. The van der Waals surface area contributed by atoms with Gasteiger partial charge >= 0.3 is 0 Å². The van der Waals surface area contributed by atoms with Gasteiger partial charge in [0, 0.05) is 16.1 Å². The standard InChI is InChI=1S/C24H22FN3O3S/c1-4-31-19-11-5-16(6-12-19)20-15(3)32-23-21(20)24(30)28(13-26-23)14(2)22(29)27-18-9-7-17(25)8-10-18/h5-14H,4H2,1-3H3,(H,27,29). The number of rotatable bonds is 6. The van der Waals surface area contributed by atoms with Crippen molar-refractivity contribution in [3.8, 4) is 16.9 Å². The first kappa shape index (κ1) is 21.7. The lowest BCUT2D eigenvalue weighted by Gasteiger charge is -2.15. The lowest BCUT2D eigenvalue weighted by molar-refractivity contribution is -0.118. The van der Waals surface area contributed by atoms with Crippen LogP contribution in [0.25, 0.3) is 21.3 Å². The summed E-state index contributed by atoms with van der Waals surface area (Å²) < 4.78 is 20.0. The van der Waals surface area contributed by atoms with E-state index in [-0.39, 0.29) is 5.56 Å². The van der Waals surface area contributed by atoms with Gasteiger partial charge in [-0.15, -0.1) is 11.3 Å². The second-order valence-electron chi connectivity index (χ2n) is 7.30. The van der Waals surface area contributed by atoms with Gasteiger partial charge in [-0.25, -0.2) is 9.37 Å². The predicted molar refractivity (Wildman–Crippen MR) is 125 cm³/mol. The number of halogens is 1. The molecule has 32 heavy (non-hydrogen) atoms. The van der Waals surface area contributed by atoms with Crippen LogP contribution in [0.15, 0.2) is 59.7 Å². The van der Waals surface area contributed by atoms with Crippen LogP contribution in [-0.4, -0.2) is 22.1 Å². The molecule has 2 aromatic carbocycles. The number of carbonyl (C=O) groups is 1. The van der Waals surface area contributed by atoms with Crippen LogP contribution in [0, 0.1) is 12.7 Å². The summed E-state index contributed by atoms with van der Waals surface area (Å²) in [7, 11) is 0. The topological polar surface area (TPSA) is 73.2 Å². The van der Waals surface area contributed by atoms with Gasteiger partial charge < -0.3 is 10.1 Å². The van der Waals surface area contributed by atoms with E-state index in [4.69, 9.17) is 4.74 Å². The summed E-state index contributed by atoms with van der Waals surface area (Å²) in [6.07, 6.45) is 1.40. The maximum Gasteiger partial charge on any atom is 0.263 e. The summed E-state index contributed by atoms with van der Waals surface area (Å²) in [5.41, 5.74) is 1.86. The number of fused-ring (bicyclic) bond motifs is 1. The van der Waals surface area contributed by atoms with Crippen molar-refractivity contribution < 1.29 is 13.9 Å². The highest BCUT2D eigenvalue weighted by Gasteiger charge is 2.22. The highest BCUT2D eigenvalue weighted by Crippen LogP contribution is 2.36. The van der Waals surface area contributed by atoms with E-state index in [1.54, 1.807) is 6.92 Å². The number of amides is 1. The lowest BCUT2D eigenvalue weighted by Crippen LogP contribution is -2.31. The Bertz CT molecular complexity index is 1330. The second-order valence-corrected chi connectivity index (χ2v) is 8.50. The van der Waals surface area contributed by atoms with Gasteiger partial charge in [0.05, 0.1) is 18.3 Å². The number of thiophene rings is 1. The van der Waals surface area contributed by atoms with Crippen LogP contribution in [0.2, 0.25) is 0 Å². The molecule has 0 saturated carbocycles. The van der Waals surface area contributed by atoms with Gasteiger partial charge in [-0.2, -0.15) is 0 Å². The fraction of sp³-hybridized carbons (Fsp3) is 0.208. The van der Waals surface area contributed by atoms with Gasteiger partial charge in [0.2, 0.25) is 5.91 Å². The smallest absolute Gasteiger partial charge is 0.263 e. The SMILES string of the molecule is CCOc1ccc(-c2c(C)sc3ncn(C(C)C(=O)Nc4ccc(F)cc4)c(=O)c23)cc1. The molecule has 6 nitrogen and oxygen atoms in total. The van der Waals surface area contributed by atoms with Crippen LogP contribution in [0.4, 0.5) is 10.1 Å². The molecular formula is C24H22FN3O3S. The summed E-state index contributed by atoms with van der Waals surface area (Å²) >= 11 is 1.44. The van der Waals surface area contributed by atoms with Crippen LogP contribution < -0.4 is 15.6 Å². The minimum Gasteiger partial charge on any atom is -0.494 e. The normalized spacial score (nSPS) is 12.0. The Balaban J connectivity index is 1.71. The molecule has 164 valence electrons. The summed E-state index contributed by atoms with van der Waals surface area (Å²) in [5, 5.41) is 3.19. The quantitative estimate of drug-likeness (QED) is 0.439. The van der Waals surface area contributed by atoms with Crippen molar-refractivity contribution in [1.82, 2.24) is 9.55 Å². The van der Waals surface area contributed by atoms with Gasteiger partial charge in [0.25, 0.3) is 5.56 Å². The first-order chi connectivity index (χ1) is 15.4. The molecule has 2 aromatic heterocycles. The Hall–Kier alpha value is -3.52. The molecule has 0 aliphatic rings. The molecule has 0 spiro atoms.